The molecule has 5 nitrogen and oxygen atoms in total. The SMILES string of the molecule is CC(C)(C)C(C(=O)O)[C@]1(C[N+](=O)[O-])C[C@H]2CC(C3CCCC3)=C[C@@H]21. The molecule has 0 aromatic heterocycles. The van der Waals surface area contributed by atoms with E-state index in [0.717, 1.165) is 6.42 Å². The fourth-order valence-corrected chi connectivity index (χ4v) is 6.05. The van der Waals surface area contributed by atoms with E-state index in [1.165, 1.54) is 31.3 Å². The number of fused-ring (bicyclic) bond motifs is 1. The van der Waals surface area contributed by atoms with Gasteiger partial charge in [0.2, 0.25) is 6.54 Å². The van der Waals surface area contributed by atoms with Crippen molar-refractivity contribution >= 4 is 5.97 Å². The Morgan fingerprint density at radius 1 is 1.42 bits per heavy atom. The van der Waals surface area contributed by atoms with Crippen LogP contribution in [0.15, 0.2) is 11.6 Å². The molecule has 0 saturated heterocycles. The first-order chi connectivity index (χ1) is 11.1. The lowest BCUT2D eigenvalue weighted by Gasteiger charge is -2.55. The summed E-state index contributed by atoms with van der Waals surface area (Å²) < 4.78 is 0. The van der Waals surface area contributed by atoms with Crippen LogP contribution in [0.2, 0.25) is 0 Å². The van der Waals surface area contributed by atoms with Crippen LogP contribution in [0.5, 0.6) is 0 Å². The van der Waals surface area contributed by atoms with E-state index in [1.807, 2.05) is 20.8 Å². The molecule has 5 heteroatoms. The van der Waals surface area contributed by atoms with Gasteiger partial charge in [0.1, 0.15) is 0 Å². The highest BCUT2D eigenvalue weighted by molar-refractivity contribution is 5.72. The minimum atomic E-state index is -0.884. The number of carboxylic acid groups (broad SMARTS) is 1. The molecule has 4 atom stereocenters. The third kappa shape index (κ3) is 2.76. The number of rotatable bonds is 5. The number of allylic oxidation sites excluding steroid dienone is 2. The van der Waals surface area contributed by atoms with E-state index in [1.54, 1.807) is 0 Å². The van der Waals surface area contributed by atoms with Crippen LogP contribution in [0.25, 0.3) is 0 Å². The van der Waals surface area contributed by atoms with E-state index in [4.69, 9.17) is 0 Å². The predicted molar refractivity (Wildman–Crippen MR) is 91.1 cm³/mol. The van der Waals surface area contributed by atoms with Crippen LogP contribution in [0.1, 0.15) is 59.3 Å². The molecule has 0 aromatic rings. The molecule has 2 saturated carbocycles. The van der Waals surface area contributed by atoms with Crippen LogP contribution in [0.4, 0.5) is 0 Å². The topological polar surface area (TPSA) is 80.4 Å². The second-order valence-electron chi connectivity index (χ2n) is 9.28. The third-order valence-corrected chi connectivity index (χ3v) is 6.70. The van der Waals surface area contributed by atoms with Crippen molar-refractivity contribution < 1.29 is 14.8 Å². The highest BCUT2D eigenvalue weighted by Gasteiger charge is 2.65. The second kappa shape index (κ2) is 5.85. The Kier molecular flexibility index (Phi) is 4.25. The molecule has 0 spiro atoms. The Balaban J connectivity index is 1.93. The van der Waals surface area contributed by atoms with E-state index in [0.29, 0.717) is 18.3 Å². The minimum absolute atomic E-state index is 0.0684. The molecule has 0 amide bonds. The van der Waals surface area contributed by atoms with Crippen LogP contribution in [-0.2, 0) is 4.79 Å². The van der Waals surface area contributed by atoms with E-state index in [9.17, 15) is 20.0 Å². The summed E-state index contributed by atoms with van der Waals surface area (Å²) in [5.74, 6) is -0.438. The highest BCUT2D eigenvalue weighted by atomic mass is 16.6. The van der Waals surface area contributed by atoms with Crippen molar-refractivity contribution in [1.29, 1.82) is 0 Å². The van der Waals surface area contributed by atoms with Crippen LogP contribution in [0.3, 0.4) is 0 Å². The molecule has 3 aliphatic rings. The molecule has 3 rings (SSSR count). The Labute approximate surface area is 143 Å². The number of hydrogen-bond acceptors (Lipinski definition) is 3. The Morgan fingerprint density at radius 3 is 2.54 bits per heavy atom. The van der Waals surface area contributed by atoms with Crippen molar-refractivity contribution in [3.05, 3.63) is 21.8 Å². The maximum atomic E-state index is 12.1. The summed E-state index contributed by atoms with van der Waals surface area (Å²) in [5, 5.41) is 21.3. The van der Waals surface area contributed by atoms with Gasteiger partial charge in [-0.15, -0.1) is 0 Å². The summed E-state index contributed by atoms with van der Waals surface area (Å²) in [6.45, 7) is 5.48. The van der Waals surface area contributed by atoms with Crippen LogP contribution in [0, 0.1) is 44.6 Å². The zero-order valence-corrected chi connectivity index (χ0v) is 15.0. The lowest BCUT2D eigenvalue weighted by Crippen LogP contribution is -2.59. The minimum Gasteiger partial charge on any atom is -0.481 e. The average molecular weight is 335 g/mol. The molecule has 0 heterocycles. The van der Waals surface area contributed by atoms with Crippen molar-refractivity contribution in [3.63, 3.8) is 0 Å². The number of carbonyl (C=O) groups is 1. The molecule has 0 aromatic carbocycles. The van der Waals surface area contributed by atoms with Gasteiger partial charge in [-0.1, -0.05) is 45.3 Å². The van der Waals surface area contributed by atoms with Gasteiger partial charge in [0.05, 0.1) is 11.3 Å². The van der Waals surface area contributed by atoms with Gasteiger partial charge in [-0.3, -0.25) is 14.9 Å². The summed E-state index contributed by atoms with van der Waals surface area (Å²) >= 11 is 0. The van der Waals surface area contributed by atoms with Crippen LogP contribution < -0.4 is 0 Å². The van der Waals surface area contributed by atoms with Gasteiger partial charge < -0.3 is 5.11 Å². The van der Waals surface area contributed by atoms with Gasteiger partial charge in [-0.25, -0.2) is 0 Å². The van der Waals surface area contributed by atoms with Crippen molar-refractivity contribution in [2.75, 3.05) is 6.54 Å². The monoisotopic (exact) mass is 335 g/mol. The molecular weight excluding hydrogens is 306 g/mol. The molecule has 3 aliphatic carbocycles. The fourth-order valence-electron chi connectivity index (χ4n) is 6.05. The van der Waals surface area contributed by atoms with Gasteiger partial charge in [0.15, 0.2) is 0 Å². The van der Waals surface area contributed by atoms with Gasteiger partial charge >= 0.3 is 5.97 Å². The summed E-state index contributed by atoms with van der Waals surface area (Å²) in [6.07, 6.45) is 8.98. The van der Waals surface area contributed by atoms with Gasteiger partial charge in [0, 0.05) is 4.92 Å². The third-order valence-electron chi connectivity index (χ3n) is 6.70. The molecule has 1 unspecified atom stereocenters. The number of nitro groups is 1. The summed E-state index contributed by atoms with van der Waals surface area (Å²) in [5.41, 5.74) is 0.251. The maximum absolute atomic E-state index is 12.1. The number of carboxylic acids is 1. The van der Waals surface area contributed by atoms with Gasteiger partial charge in [-0.05, 0) is 48.9 Å². The van der Waals surface area contributed by atoms with Crippen LogP contribution in [-0.4, -0.2) is 22.5 Å². The molecule has 2 fully saturated rings. The first-order valence-corrected chi connectivity index (χ1v) is 9.20. The summed E-state index contributed by atoms with van der Waals surface area (Å²) in [7, 11) is 0. The summed E-state index contributed by atoms with van der Waals surface area (Å²) in [6, 6.07) is 0. The van der Waals surface area contributed by atoms with Crippen molar-refractivity contribution in [3.8, 4) is 0 Å². The van der Waals surface area contributed by atoms with E-state index in [-0.39, 0.29) is 17.4 Å². The highest BCUT2D eigenvalue weighted by Crippen LogP contribution is 2.65. The maximum Gasteiger partial charge on any atom is 0.307 e. The number of hydrogen-bond donors (Lipinski definition) is 1. The molecule has 24 heavy (non-hydrogen) atoms. The number of aliphatic carboxylic acids is 1. The molecule has 0 aliphatic heterocycles. The van der Waals surface area contributed by atoms with Gasteiger partial charge in [-0.2, -0.15) is 0 Å². The summed E-state index contributed by atoms with van der Waals surface area (Å²) in [4.78, 5) is 23.1. The first-order valence-electron chi connectivity index (χ1n) is 9.20. The largest absolute Gasteiger partial charge is 0.481 e. The first kappa shape index (κ1) is 17.4. The smallest absolute Gasteiger partial charge is 0.307 e. The molecule has 1 N–H and O–H groups in total. The van der Waals surface area contributed by atoms with E-state index < -0.39 is 22.7 Å². The Morgan fingerprint density at radius 2 is 2.04 bits per heavy atom. The van der Waals surface area contributed by atoms with Crippen molar-refractivity contribution in [2.24, 2.45) is 34.5 Å². The average Bonchev–Trinajstić information content (AvgIpc) is 3.02. The molecule has 0 bridgehead atoms. The van der Waals surface area contributed by atoms with E-state index >= 15 is 0 Å². The molecule has 134 valence electrons. The Hall–Kier alpha value is -1.39. The standard InChI is InChI=1S/C19H29NO4/c1-18(2,3)16(17(21)22)19(11-20(23)24)10-14-8-13(9-15(14)19)12-6-4-5-7-12/h9,12,14-16H,4-8,10-11H2,1-3H3,(H,21,22)/t14-,15+,16?,19+/m1/s1. The lowest BCUT2D eigenvalue weighted by molar-refractivity contribution is -0.510. The second-order valence-corrected chi connectivity index (χ2v) is 9.28. The fraction of sp³-hybridized carbons (Fsp3) is 0.842. The lowest BCUT2D eigenvalue weighted by atomic mass is 9.46. The molecular formula is C19H29NO4. The van der Waals surface area contributed by atoms with Crippen molar-refractivity contribution in [1.82, 2.24) is 0 Å². The van der Waals surface area contributed by atoms with Gasteiger partial charge in [0.25, 0.3) is 0 Å². The normalized spacial score (nSPS) is 34.4. The zero-order chi connectivity index (χ0) is 17.7. The Bertz CT molecular complexity index is 570. The number of nitrogens with zero attached hydrogens (tertiary/aromatic N) is 1. The predicted octanol–water partition coefficient (Wildman–Crippen LogP) is 4.15. The van der Waals surface area contributed by atoms with E-state index in [2.05, 4.69) is 6.08 Å². The van der Waals surface area contributed by atoms with Crippen LogP contribution >= 0.6 is 0 Å². The van der Waals surface area contributed by atoms with Crippen molar-refractivity contribution in [2.45, 2.75) is 59.3 Å². The quantitative estimate of drug-likeness (QED) is 0.465. The molecule has 0 radical (unpaired) electrons. The zero-order valence-electron chi connectivity index (χ0n) is 15.0.